The van der Waals surface area contributed by atoms with Crippen LogP contribution in [0.4, 0.5) is 0 Å². The fraction of sp³-hybridized carbons (Fsp3) is 0.929. The van der Waals surface area contributed by atoms with Crippen molar-refractivity contribution in [3.63, 3.8) is 0 Å². The molecule has 0 radical (unpaired) electrons. The molecular weight excluding hydrogens is 234 g/mol. The van der Waals surface area contributed by atoms with Gasteiger partial charge in [0.25, 0.3) is 0 Å². The maximum absolute atomic E-state index is 12.0. The van der Waals surface area contributed by atoms with E-state index in [1.807, 2.05) is 0 Å². The summed E-state index contributed by atoms with van der Waals surface area (Å²) in [5.74, 6) is 3.49. The first-order valence-corrected chi connectivity index (χ1v) is 7.57. The van der Waals surface area contributed by atoms with Crippen LogP contribution in [-0.4, -0.2) is 18.3 Å². The average Bonchev–Trinajstić information content (AvgIpc) is 2.96. The van der Waals surface area contributed by atoms with Gasteiger partial charge in [0.05, 0.1) is 0 Å². The number of halogens is 1. The van der Waals surface area contributed by atoms with Crippen LogP contribution < -0.4 is 5.32 Å². The van der Waals surface area contributed by atoms with Crippen molar-refractivity contribution in [3.8, 4) is 0 Å². The third-order valence-electron chi connectivity index (χ3n) is 4.51. The lowest BCUT2D eigenvalue weighted by Crippen LogP contribution is -2.34. The van der Waals surface area contributed by atoms with E-state index >= 15 is 0 Å². The zero-order chi connectivity index (χ0) is 12.3. The predicted molar refractivity (Wildman–Crippen MR) is 71.1 cm³/mol. The molecule has 0 aliphatic heterocycles. The highest BCUT2D eigenvalue weighted by Gasteiger charge is 2.42. The van der Waals surface area contributed by atoms with E-state index in [0.29, 0.717) is 23.7 Å². The molecule has 2 fully saturated rings. The second-order valence-electron chi connectivity index (χ2n) is 5.97. The second-order valence-corrected chi connectivity index (χ2v) is 6.28. The lowest BCUT2D eigenvalue weighted by molar-refractivity contribution is -0.126. The fourth-order valence-electron chi connectivity index (χ4n) is 3.44. The zero-order valence-electron chi connectivity index (χ0n) is 10.8. The smallest absolute Gasteiger partial charge is 0.223 e. The van der Waals surface area contributed by atoms with Crippen molar-refractivity contribution in [1.82, 2.24) is 5.32 Å². The number of alkyl halides is 1. The van der Waals surface area contributed by atoms with E-state index in [2.05, 4.69) is 12.2 Å². The second kappa shape index (κ2) is 6.08. The Morgan fingerprint density at radius 1 is 1.41 bits per heavy atom. The zero-order valence-corrected chi connectivity index (χ0v) is 11.5. The molecule has 2 saturated carbocycles. The first kappa shape index (κ1) is 13.2. The van der Waals surface area contributed by atoms with E-state index in [1.165, 1.54) is 19.3 Å². The Morgan fingerprint density at radius 3 is 2.82 bits per heavy atom. The normalized spacial score (nSPS) is 32.7. The topological polar surface area (TPSA) is 29.1 Å². The first-order valence-electron chi connectivity index (χ1n) is 7.04. The predicted octanol–water partition coefficient (Wildman–Crippen LogP) is 3.19. The molecule has 0 heterocycles. The Bertz CT molecular complexity index is 269. The molecule has 3 heteroatoms. The molecule has 2 bridgehead atoms. The van der Waals surface area contributed by atoms with Crippen molar-refractivity contribution in [2.24, 2.45) is 23.7 Å². The van der Waals surface area contributed by atoms with Crippen LogP contribution in [0.3, 0.4) is 0 Å². The van der Waals surface area contributed by atoms with Crippen molar-refractivity contribution in [3.05, 3.63) is 0 Å². The van der Waals surface area contributed by atoms with Crippen LogP contribution in [-0.2, 0) is 4.79 Å². The minimum absolute atomic E-state index is 0.315. The number of amides is 1. The molecule has 0 aromatic carbocycles. The van der Waals surface area contributed by atoms with Crippen molar-refractivity contribution in [1.29, 1.82) is 0 Å². The first-order chi connectivity index (χ1) is 8.20. The van der Waals surface area contributed by atoms with E-state index in [-0.39, 0.29) is 0 Å². The summed E-state index contributed by atoms with van der Waals surface area (Å²) >= 11 is 5.75. The molecule has 0 saturated heterocycles. The Hall–Kier alpha value is -0.240. The Labute approximate surface area is 109 Å². The Kier molecular flexibility index (Phi) is 4.72. The summed E-state index contributed by atoms with van der Waals surface area (Å²) in [4.78, 5) is 12.0. The maximum atomic E-state index is 12.0. The molecular formula is C14H24ClNO. The number of carbonyl (C=O) groups excluding carboxylic acids is 1. The fourth-order valence-corrected chi connectivity index (χ4v) is 3.59. The molecule has 2 aliphatic rings. The van der Waals surface area contributed by atoms with Crippen molar-refractivity contribution in [2.45, 2.75) is 45.4 Å². The van der Waals surface area contributed by atoms with Gasteiger partial charge in [0.15, 0.2) is 0 Å². The average molecular weight is 258 g/mol. The standard InChI is InChI=1S/C14H24ClNO/c1-10(9-15)3-2-6-16-14(17)13-8-11-4-5-12(13)7-11/h10-13H,2-9H2,1H3,(H,16,17). The number of hydrogen-bond acceptors (Lipinski definition) is 1. The number of rotatable bonds is 6. The summed E-state index contributed by atoms with van der Waals surface area (Å²) in [6.45, 7) is 2.98. The molecule has 4 unspecified atom stereocenters. The highest BCUT2D eigenvalue weighted by molar-refractivity contribution is 6.18. The van der Waals surface area contributed by atoms with Gasteiger partial charge in [-0.05, 0) is 49.9 Å². The molecule has 17 heavy (non-hydrogen) atoms. The summed E-state index contributed by atoms with van der Waals surface area (Å²) in [6, 6.07) is 0. The van der Waals surface area contributed by atoms with Gasteiger partial charge in [0.1, 0.15) is 0 Å². The van der Waals surface area contributed by atoms with E-state index in [4.69, 9.17) is 11.6 Å². The molecule has 4 atom stereocenters. The van der Waals surface area contributed by atoms with Crippen LogP contribution in [0.5, 0.6) is 0 Å². The largest absolute Gasteiger partial charge is 0.356 e. The third kappa shape index (κ3) is 3.37. The molecule has 1 amide bonds. The van der Waals surface area contributed by atoms with Crippen molar-refractivity contribution < 1.29 is 4.79 Å². The summed E-state index contributed by atoms with van der Waals surface area (Å²) < 4.78 is 0. The van der Waals surface area contributed by atoms with Crippen LogP contribution in [0.2, 0.25) is 0 Å². The van der Waals surface area contributed by atoms with Gasteiger partial charge in [-0.3, -0.25) is 4.79 Å². The summed E-state index contributed by atoms with van der Waals surface area (Å²) in [5, 5.41) is 3.11. The molecule has 2 aliphatic carbocycles. The highest BCUT2D eigenvalue weighted by Crippen LogP contribution is 2.48. The van der Waals surface area contributed by atoms with E-state index in [1.54, 1.807) is 0 Å². The van der Waals surface area contributed by atoms with E-state index in [0.717, 1.165) is 37.6 Å². The summed E-state index contributed by atoms with van der Waals surface area (Å²) in [7, 11) is 0. The monoisotopic (exact) mass is 257 g/mol. The van der Waals surface area contributed by atoms with Gasteiger partial charge in [-0.15, -0.1) is 11.6 Å². The SMILES string of the molecule is CC(CCl)CCCNC(=O)C1CC2CCC1C2. The lowest BCUT2D eigenvalue weighted by atomic mass is 9.88. The van der Waals surface area contributed by atoms with Crippen LogP contribution in [0.25, 0.3) is 0 Å². The molecule has 2 rings (SSSR count). The molecule has 0 spiro atoms. The molecule has 2 nitrogen and oxygen atoms in total. The van der Waals surface area contributed by atoms with Gasteiger partial charge in [-0.1, -0.05) is 13.3 Å². The maximum Gasteiger partial charge on any atom is 0.223 e. The Morgan fingerprint density at radius 2 is 2.24 bits per heavy atom. The van der Waals surface area contributed by atoms with Crippen molar-refractivity contribution >= 4 is 17.5 Å². The number of nitrogens with one attached hydrogen (secondary N) is 1. The van der Waals surface area contributed by atoms with Crippen molar-refractivity contribution in [2.75, 3.05) is 12.4 Å². The number of hydrogen-bond donors (Lipinski definition) is 1. The molecule has 1 N–H and O–H groups in total. The van der Waals surface area contributed by atoms with Gasteiger partial charge in [0.2, 0.25) is 5.91 Å². The summed E-state index contributed by atoms with van der Waals surface area (Å²) in [6.07, 6.45) is 7.27. The van der Waals surface area contributed by atoms with Gasteiger partial charge in [-0.2, -0.15) is 0 Å². The van der Waals surface area contributed by atoms with Crippen LogP contribution >= 0.6 is 11.6 Å². The van der Waals surface area contributed by atoms with E-state index in [9.17, 15) is 4.79 Å². The van der Waals surface area contributed by atoms with Gasteiger partial charge < -0.3 is 5.32 Å². The highest BCUT2D eigenvalue weighted by atomic mass is 35.5. The number of carbonyl (C=O) groups is 1. The molecule has 0 aromatic heterocycles. The van der Waals surface area contributed by atoms with Crippen LogP contribution in [0.15, 0.2) is 0 Å². The van der Waals surface area contributed by atoms with Gasteiger partial charge in [-0.25, -0.2) is 0 Å². The number of fused-ring (bicyclic) bond motifs is 2. The lowest BCUT2D eigenvalue weighted by Gasteiger charge is -2.20. The summed E-state index contributed by atoms with van der Waals surface area (Å²) in [5.41, 5.74) is 0. The van der Waals surface area contributed by atoms with Crippen LogP contribution in [0, 0.1) is 23.7 Å². The Balaban J connectivity index is 1.61. The molecule has 98 valence electrons. The minimum Gasteiger partial charge on any atom is -0.356 e. The van der Waals surface area contributed by atoms with E-state index < -0.39 is 0 Å². The van der Waals surface area contributed by atoms with Crippen LogP contribution in [0.1, 0.15) is 45.4 Å². The quantitative estimate of drug-likeness (QED) is 0.575. The minimum atomic E-state index is 0.315. The van der Waals surface area contributed by atoms with Gasteiger partial charge in [0, 0.05) is 18.3 Å². The molecule has 0 aromatic rings. The van der Waals surface area contributed by atoms with Gasteiger partial charge >= 0.3 is 0 Å². The third-order valence-corrected chi connectivity index (χ3v) is 5.04.